The second-order valence-corrected chi connectivity index (χ2v) is 5.35. The van der Waals surface area contributed by atoms with Gasteiger partial charge in [-0.3, -0.25) is 4.90 Å². The van der Waals surface area contributed by atoms with Crippen LogP contribution in [0, 0.1) is 11.3 Å². The van der Waals surface area contributed by atoms with Crippen LogP contribution < -0.4 is 4.90 Å². The molecule has 1 aromatic carbocycles. The van der Waals surface area contributed by atoms with Gasteiger partial charge in [-0.05, 0) is 29.8 Å². The maximum atomic E-state index is 8.90. The van der Waals surface area contributed by atoms with Crippen molar-refractivity contribution in [2.24, 2.45) is 4.99 Å². The first-order chi connectivity index (χ1) is 9.29. The Morgan fingerprint density at radius 2 is 2.26 bits per heavy atom. The van der Waals surface area contributed by atoms with E-state index >= 15 is 0 Å². The van der Waals surface area contributed by atoms with Crippen molar-refractivity contribution < 1.29 is 0 Å². The lowest BCUT2D eigenvalue weighted by atomic mass is 10.2. The van der Waals surface area contributed by atoms with E-state index in [1.54, 1.807) is 22.4 Å². The van der Waals surface area contributed by atoms with Gasteiger partial charge in [0.1, 0.15) is 0 Å². The molecule has 2 heterocycles. The smallest absolute Gasteiger partial charge is 0.205 e. The number of aliphatic imine (C=N–C) groups is 1. The van der Waals surface area contributed by atoms with Crippen molar-refractivity contribution in [1.29, 1.82) is 5.26 Å². The van der Waals surface area contributed by atoms with E-state index in [0.717, 1.165) is 15.3 Å². The highest BCUT2D eigenvalue weighted by Crippen LogP contribution is 2.32. The molecule has 0 radical (unpaired) electrons. The topological polar surface area (TPSA) is 52.3 Å². The third-order valence-electron chi connectivity index (χ3n) is 2.81. The molecule has 3 rings (SSSR count). The van der Waals surface area contributed by atoms with Crippen LogP contribution in [0.1, 0.15) is 6.42 Å². The van der Waals surface area contributed by atoms with E-state index in [1.165, 1.54) is 0 Å². The molecule has 6 heteroatoms. The summed E-state index contributed by atoms with van der Waals surface area (Å²) in [6, 6.07) is 9.94. The zero-order valence-electron chi connectivity index (χ0n) is 9.82. The maximum Gasteiger partial charge on any atom is 0.205 e. The third kappa shape index (κ3) is 2.21. The number of nitriles is 1. The van der Waals surface area contributed by atoms with Crippen molar-refractivity contribution in [3.8, 4) is 6.07 Å². The number of fused-ring (bicyclic) bond motifs is 1. The van der Waals surface area contributed by atoms with Gasteiger partial charge in [0.05, 0.1) is 28.7 Å². The van der Waals surface area contributed by atoms with Crippen molar-refractivity contribution in [3.63, 3.8) is 0 Å². The van der Waals surface area contributed by atoms with Gasteiger partial charge in [0.25, 0.3) is 0 Å². The van der Waals surface area contributed by atoms with E-state index in [9.17, 15) is 0 Å². The summed E-state index contributed by atoms with van der Waals surface area (Å²) in [6.45, 7) is 0. The monoisotopic (exact) mass is 288 g/mol. The summed E-state index contributed by atoms with van der Waals surface area (Å²) in [5.74, 6) is 0. The van der Waals surface area contributed by atoms with E-state index in [2.05, 4.69) is 16.0 Å². The Labute approximate surface area is 119 Å². The first-order valence-electron chi connectivity index (χ1n) is 5.71. The van der Waals surface area contributed by atoms with Gasteiger partial charge in [-0.2, -0.15) is 5.26 Å². The summed E-state index contributed by atoms with van der Waals surface area (Å²) in [6.07, 6.45) is 3.84. The van der Waals surface area contributed by atoms with Crippen LogP contribution in [0.15, 0.2) is 41.5 Å². The van der Waals surface area contributed by atoms with Crippen LogP contribution in [-0.2, 0) is 0 Å². The average Bonchev–Trinajstić information content (AvgIpc) is 2.82. The fourth-order valence-electron chi connectivity index (χ4n) is 1.93. The Bertz CT molecular complexity index is 680. The van der Waals surface area contributed by atoms with Gasteiger partial charge in [0, 0.05) is 6.20 Å². The van der Waals surface area contributed by atoms with Crippen LogP contribution in [0.2, 0.25) is 0 Å². The van der Waals surface area contributed by atoms with Crippen LogP contribution in [-0.4, -0.2) is 16.3 Å². The van der Waals surface area contributed by atoms with Crippen molar-refractivity contribution in [3.05, 3.63) is 36.5 Å². The largest absolute Gasteiger partial charge is 0.284 e. The van der Waals surface area contributed by atoms with Gasteiger partial charge in [-0.1, -0.05) is 23.5 Å². The van der Waals surface area contributed by atoms with Crippen molar-refractivity contribution in [1.82, 2.24) is 4.98 Å². The lowest BCUT2D eigenvalue weighted by Gasteiger charge is -2.27. The number of anilines is 1. The lowest BCUT2D eigenvalue weighted by Crippen LogP contribution is -2.38. The lowest BCUT2D eigenvalue weighted by molar-refractivity contribution is 0.807. The predicted molar refractivity (Wildman–Crippen MR) is 78.5 cm³/mol. The van der Waals surface area contributed by atoms with Crippen LogP contribution in [0.3, 0.4) is 0 Å². The number of rotatable bonds is 2. The first-order valence-corrected chi connectivity index (χ1v) is 6.91. The molecular weight excluding hydrogens is 280 g/mol. The Kier molecular flexibility index (Phi) is 3.20. The molecule has 4 nitrogen and oxygen atoms in total. The maximum absolute atomic E-state index is 8.90. The number of thiazole rings is 1. The third-order valence-corrected chi connectivity index (χ3v) is 4.12. The molecule has 2 aromatic rings. The number of halogens is 1. The van der Waals surface area contributed by atoms with Crippen molar-refractivity contribution in [2.45, 2.75) is 12.5 Å². The quantitative estimate of drug-likeness (QED) is 0.795. The molecule has 0 saturated carbocycles. The van der Waals surface area contributed by atoms with Gasteiger partial charge in [0.2, 0.25) is 5.29 Å². The first kappa shape index (κ1) is 12.2. The summed E-state index contributed by atoms with van der Waals surface area (Å²) in [7, 11) is 0. The second kappa shape index (κ2) is 5.00. The molecule has 19 heavy (non-hydrogen) atoms. The molecule has 0 spiro atoms. The summed E-state index contributed by atoms with van der Waals surface area (Å²) < 4.78 is 1.09. The van der Waals surface area contributed by atoms with Crippen LogP contribution >= 0.6 is 22.9 Å². The molecule has 0 aliphatic carbocycles. The molecule has 0 fully saturated rings. The number of amidine groups is 1. The van der Waals surface area contributed by atoms with E-state index in [4.69, 9.17) is 16.9 Å². The summed E-state index contributed by atoms with van der Waals surface area (Å²) >= 11 is 7.70. The molecule has 94 valence electrons. The Hall–Kier alpha value is -1.90. The number of hydrogen-bond acceptors (Lipinski definition) is 5. The van der Waals surface area contributed by atoms with Crippen molar-refractivity contribution >= 4 is 43.6 Å². The molecule has 0 saturated heterocycles. The molecule has 1 atom stereocenters. The molecule has 0 bridgehead atoms. The molecule has 1 aliphatic rings. The number of para-hydroxylation sites is 1. The van der Waals surface area contributed by atoms with Gasteiger partial charge >= 0.3 is 0 Å². The minimum Gasteiger partial charge on any atom is -0.284 e. The van der Waals surface area contributed by atoms with Gasteiger partial charge in [0.15, 0.2) is 5.13 Å². The average molecular weight is 289 g/mol. The second-order valence-electron chi connectivity index (χ2n) is 4.00. The summed E-state index contributed by atoms with van der Waals surface area (Å²) in [5.41, 5.74) is 0.928. The Balaban J connectivity index is 2.05. The number of nitrogens with zero attached hydrogens (tertiary/aromatic N) is 4. The van der Waals surface area contributed by atoms with E-state index < -0.39 is 0 Å². The highest BCUT2D eigenvalue weighted by atomic mass is 35.5. The number of aromatic nitrogens is 1. The fraction of sp³-hybridized carbons (Fsp3) is 0.154. The zero-order valence-corrected chi connectivity index (χ0v) is 11.4. The minimum atomic E-state index is -0.115. The zero-order chi connectivity index (χ0) is 13.2. The van der Waals surface area contributed by atoms with Crippen LogP contribution in [0.5, 0.6) is 0 Å². The SMILES string of the molecule is N#CCC1C=CN=C(Cl)N1c1nc2ccccc2s1. The van der Waals surface area contributed by atoms with E-state index in [0.29, 0.717) is 11.7 Å². The number of hydrogen-bond donors (Lipinski definition) is 0. The number of benzene rings is 1. The predicted octanol–water partition coefficient (Wildman–Crippen LogP) is 3.51. The van der Waals surface area contributed by atoms with E-state index in [1.807, 2.05) is 30.3 Å². The normalized spacial score (nSPS) is 18.4. The Morgan fingerprint density at radius 3 is 3.05 bits per heavy atom. The van der Waals surface area contributed by atoms with Gasteiger partial charge < -0.3 is 0 Å². The minimum absolute atomic E-state index is 0.115. The van der Waals surface area contributed by atoms with E-state index in [-0.39, 0.29) is 6.04 Å². The summed E-state index contributed by atoms with van der Waals surface area (Å²) in [4.78, 5) is 10.4. The molecular formula is C13H9ClN4S. The molecule has 1 aromatic heterocycles. The summed E-state index contributed by atoms with van der Waals surface area (Å²) in [5, 5.41) is 10.0. The standard InChI is InChI=1S/C13H9ClN4S/c14-12-16-8-6-9(5-7-15)18(12)13-17-10-3-1-2-4-11(10)19-13/h1-4,6,8-9H,5H2. The molecule has 0 N–H and O–H groups in total. The van der Waals surface area contributed by atoms with Gasteiger partial charge in [-0.15, -0.1) is 0 Å². The van der Waals surface area contributed by atoms with Crippen LogP contribution in [0.25, 0.3) is 10.2 Å². The van der Waals surface area contributed by atoms with Gasteiger partial charge in [-0.25, -0.2) is 9.98 Å². The molecule has 1 aliphatic heterocycles. The Morgan fingerprint density at radius 1 is 1.42 bits per heavy atom. The molecule has 1 unspecified atom stereocenters. The highest BCUT2D eigenvalue weighted by Gasteiger charge is 2.25. The van der Waals surface area contributed by atoms with Crippen molar-refractivity contribution in [2.75, 3.05) is 4.90 Å². The molecule has 0 amide bonds. The van der Waals surface area contributed by atoms with Crippen LogP contribution in [0.4, 0.5) is 5.13 Å². The highest BCUT2D eigenvalue weighted by molar-refractivity contribution is 7.22. The fourth-order valence-corrected chi connectivity index (χ4v) is 3.26.